The molecule has 0 bridgehead atoms. The Morgan fingerprint density at radius 1 is 0.619 bits per heavy atom. The smallest absolute Gasteiger partial charge is 0.0184 e. The molecule has 0 saturated carbocycles. The van der Waals surface area contributed by atoms with Crippen molar-refractivity contribution in [2.24, 2.45) is 11.8 Å². The van der Waals surface area contributed by atoms with Crippen LogP contribution in [-0.4, -0.2) is 12.3 Å². The fraction of sp³-hybridized carbons (Fsp3) is 0.400. The molecule has 2 rings (SSSR count). The molecule has 0 amide bonds. The monoisotopic (exact) mass is 300 g/mol. The van der Waals surface area contributed by atoms with Gasteiger partial charge in [0.15, 0.2) is 0 Å². The first-order valence-corrected chi connectivity index (χ1v) is 9.32. The van der Waals surface area contributed by atoms with Gasteiger partial charge in [-0.1, -0.05) is 88.4 Å². The molecule has 2 aromatic carbocycles. The van der Waals surface area contributed by atoms with Gasteiger partial charge in [-0.2, -0.15) is 0 Å². The third-order valence-corrected chi connectivity index (χ3v) is 5.20. The van der Waals surface area contributed by atoms with Crippen molar-refractivity contribution in [2.45, 2.75) is 27.7 Å². The Hall–Kier alpha value is -1.13. The van der Waals surface area contributed by atoms with Crippen molar-refractivity contribution in [1.29, 1.82) is 0 Å². The molecular formula is C20H29P. The predicted octanol–water partition coefficient (Wildman–Crippen LogP) is 6.33. The standard InChI is InChI=1S/C12H10.C8H19P/c1-3-7-11(8-4-1)12-9-5-2-6-10-12;1-7(2)5-9-6-8(3)4/h1-10H;7-9H,5-6H2,1-4H3. The Bertz CT molecular complexity index is 414. The van der Waals surface area contributed by atoms with Crippen LogP contribution in [0.4, 0.5) is 0 Å². The summed E-state index contributed by atoms with van der Waals surface area (Å²) in [6.45, 7) is 9.20. The Morgan fingerprint density at radius 2 is 0.952 bits per heavy atom. The van der Waals surface area contributed by atoms with E-state index < -0.39 is 0 Å². The van der Waals surface area contributed by atoms with Crippen LogP contribution in [0.25, 0.3) is 11.1 Å². The first kappa shape index (κ1) is 17.9. The van der Waals surface area contributed by atoms with Gasteiger partial charge in [0, 0.05) is 0 Å². The van der Waals surface area contributed by atoms with Gasteiger partial charge < -0.3 is 0 Å². The van der Waals surface area contributed by atoms with E-state index in [1.807, 2.05) is 12.1 Å². The Morgan fingerprint density at radius 3 is 1.24 bits per heavy atom. The van der Waals surface area contributed by atoms with Crippen molar-refractivity contribution in [3.05, 3.63) is 60.7 Å². The van der Waals surface area contributed by atoms with Crippen molar-refractivity contribution in [2.75, 3.05) is 12.3 Å². The fourth-order valence-electron chi connectivity index (χ4n) is 1.92. The van der Waals surface area contributed by atoms with Crippen molar-refractivity contribution in [1.82, 2.24) is 0 Å². The Balaban J connectivity index is 0.000000222. The van der Waals surface area contributed by atoms with E-state index in [-0.39, 0.29) is 0 Å². The quantitative estimate of drug-likeness (QED) is 0.566. The van der Waals surface area contributed by atoms with Gasteiger partial charge in [-0.15, -0.1) is 8.58 Å². The lowest BCUT2D eigenvalue weighted by Crippen LogP contribution is -1.94. The maximum absolute atomic E-state index is 2.30. The third kappa shape index (κ3) is 8.68. The number of rotatable bonds is 5. The second-order valence-electron chi connectivity index (χ2n) is 6.18. The zero-order chi connectivity index (χ0) is 15.5. The molecule has 0 heterocycles. The molecule has 0 nitrogen and oxygen atoms in total. The second-order valence-corrected chi connectivity index (χ2v) is 7.49. The molecule has 0 aliphatic heterocycles. The lowest BCUT2D eigenvalue weighted by Gasteiger charge is -2.06. The highest BCUT2D eigenvalue weighted by atomic mass is 31.1. The van der Waals surface area contributed by atoms with E-state index in [9.17, 15) is 0 Å². The second kappa shape index (κ2) is 10.6. The average molecular weight is 300 g/mol. The molecule has 21 heavy (non-hydrogen) atoms. The minimum Gasteiger partial charge on any atom is -0.122 e. The van der Waals surface area contributed by atoms with Crippen LogP contribution < -0.4 is 0 Å². The molecule has 0 spiro atoms. The molecule has 2 aromatic rings. The van der Waals surface area contributed by atoms with Crippen LogP contribution in [-0.2, 0) is 0 Å². The molecule has 0 radical (unpaired) electrons. The van der Waals surface area contributed by atoms with Crippen LogP contribution in [0, 0.1) is 11.8 Å². The number of benzene rings is 2. The van der Waals surface area contributed by atoms with Gasteiger partial charge in [0.05, 0.1) is 0 Å². The normalized spacial score (nSPS) is 10.4. The maximum atomic E-state index is 2.30. The van der Waals surface area contributed by atoms with Gasteiger partial charge in [-0.05, 0) is 35.3 Å². The van der Waals surface area contributed by atoms with E-state index in [2.05, 4.69) is 76.2 Å². The van der Waals surface area contributed by atoms with E-state index in [1.54, 1.807) is 0 Å². The van der Waals surface area contributed by atoms with Gasteiger partial charge in [-0.3, -0.25) is 0 Å². The van der Waals surface area contributed by atoms with Gasteiger partial charge in [0.25, 0.3) is 0 Å². The molecule has 0 N–H and O–H groups in total. The third-order valence-electron chi connectivity index (χ3n) is 2.99. The highest BCUT2D eigenvalue weighted by molar-refractivity contribution is 7.37. The van der Waals surface area contributed by atoms with Crippen LogP contribution in [0.1, 0.15) is 27.7 Å². The molecule has 0 unspecified atom stereocenters. The van der Waals surface area contributed by atoms with Crippen LogP contribution in [0.15, 0.2) is 60.7 Å². The van der Waals surface area contributed by atoms with Gasteiger partial charge in [0.1, 0.15) is 0 Å². The summed E-state index contributed by atoms with van der Waals surface area (Å²) in [5.41, 5.74) is 2.55. The number of hydrogen-bond acceptors (Lipinski definition) is 0. The van der Waals surface area contributed by atoms with Gasteiger partial charge >= 0.3 is 0 Å². The molecule has 114 valence electrons. The highest BCUT2D eigenvalue weighted by Crippen LogP contribution is 2.18. The lowest BCUT2D eigenvalue weighted by atomic mass is 10.1. The first-order chi connectivity index (χ1) is 10.1. The maximum Gasteiger partial charge on any atom is -0.0184 e. The minimum absolute atomic E-state index is 0.905. The summed E-state index contributed by atoms with van der Waals surface area (Å²) in [7, 11) is 1.19. The first-order valence-electron chi connectivity index (χ1n) is 7.90. The summed E-state index contributed by atoms with van der Waals surface area (Å²) in [4.78, 5) is 0. The van der Waals surface area contributed by atoms with Crippen LogP contribution in [0.3, 0.4) is 0 Å². The summed E-state index contributed by atoms with van der Waals surface area (Å²) in [5, 5.41) is 0. The van der Waals surface area contributed by atoms with Crippen LogP contribution in [0.2, 0.25) is 0 Å². The fourth-order valence-corrected chi connectivity index (χ4v) is 3.24. The molecule has 1 heteroatoms. The molecule has 0 atom stereocenters. The Labute approximate surface area is 132 Å². The number of hydrogen-bond donors (Lipinski definition) is 0. The summed E-state index contributed by atoms with van der Waals surface area (Å²) < 4.78 is 0. The average Bonchev–Trinajstić information content (AvgIpc) is 2.49. The lowest BCUT2D eigenvalue weighted by molar-refractivity contribution is 0.725. The van der Waals surface area contributed by atoms with Crippen LogP contribution in [0.5, 0.6) is 0 Å². The minimum atomic E-state index is 0.905. The highest BCUT2D eigenvalue weighted by Gasteiger charge is 1.95. The van der Waals surface area contributed by atoms with Gasteiger partial charge in [0.2, 0.25) is 0 Å². The molecule has 0 aliphatic rings. The van der Waals surface area contributed by atoms with Crippen LogP contribution >= 0.6 is 8.58 Å². The van der Waals surface area contributed by atoms with E-state index in [4.69, 9.17) is 0 Å². The summed E-state index contributed by atoms with van der Waals surface area (Å²) >= 11 is 0. The van der Waals surface area contributed by atoms with Crippen molar-refractivity contribution in [3.63, 3.8) is 0 Å². The topological polar surface area (TPSA) is 0 Å². The molecular weight excluding hydrogens is 271 g/mol. The van der Waals surface area contributed by atoms with E-state index in [1.165, 1.54) is 32.0 Å². The van der Waals surface area contributed by atoms with Crippen molar-refractivity contribution in [3.8, 4) is 11.1 Å². The SMILES string of the molecule is CC(C)CPCC(C)C.c1ccc(-c2ccccc2)cc1. The Kier molecular flexibility index (Phi) is 9.02. The van der Waals surface area contributed by atoms with Gasteiger partial charge in [-0.25, -0.2) is 0 Å². The summed E-state index contributed by atoms with van der Waals surface area (Å²) in [6, 6.07) is 20.8. The zero-order valence-corrected chi connectivity index (χ0v) is 14.8. The van der Waals surface area contributed by atoms with Crippen molar-refractivity contribution >= 4 is 8.58 Å². The summed E-state index contributed by atoms with van der Waals surface area (Å²) in [6.07, 6.45) is 2.86. The molecule has 0 aliphatic carbocycles. The molecule has 0 fully saturated rings. The van der Waals surface area contributed by atoms with E-state index in [0.717, 1.165) is 11.8 Å². The summed E-state index contributed by atoms with van der Waals surface area (Å²) in [5.74, 6) is 1.81. The largest absolute Gasteiger partial charge is 0.122 e. The van der Waals surface area contributed by atoms with E-state index >= 15 is 0 Å². The molecule has 0 saturated heterocycles. The molecule has 0 aromatic heterocycles. The van der Waals surface area contributed by atoms with E-state index in [0.29, 0.717) is 0 Å². The van der Waals surface area contributed by atoms with Crippen molar-refractivity contribution < 1.29 is 0 Å². The zero-order valence-electron chi connectivity index (χ0n) is 13.8. The predicted molar refractivity (Wildman–Crippen MR) is 99.6 cm³/mol.